The Morgan fingerprint density at radius 2 is 2.26 bits per heavy atom. The molecule has 0 aromatic heterocycles. The Bertz CT molecular complexity index is 299. The molecule has 0 bridgehead atoms. The van der Waals surface area contributed by atoms with Gasteiger partial charge in [-0.3, -0.25) is 4.99 Å². The monoisotopic (exact) mass is 285 g/mol. The summed E-state index contributed by atoms with van der Waals surface area (Å²) in [7, 11) is 1.82. The Balaban J connectivity index is 1.54. The van der Waals surface area contributed by atoms with Gasteiger partial charge < -0.3 is 15.4 Å². The first-order chi connectivity index (χ1) is 9.22. The lowest BCUT2D eigenvalue weighted by molar-refractivity contribution is 0.129. The summed E-state index contributed by atoms with van der Waals surface area (Å²) >= 11 is 2.07. The standard InChI is InChI=1S/C14H27N3OS/c1-14(6-3-9-19-14)11-17-13(15-2)16-7-8-18-10-12-4-5-12/h12H,3-11H2,1-2H3,(H2,15,16,17). The molecule has 1 saturated carbocycles. The third-order valence-electron chi connectivity index (χ3n) is 3.74. The number of aliphatic imine (C=N–C) groups is 1. The molecule has 0 aromatic carbocycles. The van der Waals surface area contributed by atoms with Gasteiger partial charge in [-0.2, -0.15) is 11.8 Å². The average Bonchev–Trinajstić information content (AvgIpc) is 3.14. The summed E-state index contributed by atoms with van der Waals surface area (Å²) in [6.45, 7) is 5.85. The van der Waals surface area contributed by atoms with Crippen LogP contribution in [0.3, 0.4) is 0 Å². The van der Waals surface area contributed by atoms with Crippen LogP contribution in [0.4, 0.5) is 0 Å². The van der Waals surface area contributed by atoms with E-state index in [-0.39, 0.29) is 0 Å². The molecule has 0 amide bonds. The number of rotatable bonds is 7. The van der Waals surface area contributed by atoms with Gasteiger partial charge in [-0.1, -0.05) is 0 Å². The van der Waals surface area contributed by atoms with Gasteiger partial charge in [-0.25, -0.2) is 0 Å². The van der Waals surface area contributed by atoms with Crippen molar-refractivity contribution in [1.82, 2.24) is 10.6 Å². The zero-order valence-electron chi connectivity index (χ0n) is 12.2. The van der Waals surface area contributed by atoms with Gasteiger partial charge in [0.1, 0.15) is 0 Å². The van der Waals surface area contributed by atoms with Crippen molar-refractivity contribution in [2.24, 2.45) is 10.9 Å². The van der Waals surface area contributed by atoms with E-state index in [9.17, 15) is 0 Å². The van der Waals surface area contributed by atoms with E-state index in [1.807, 2.05) is 7.05 Å². The van der Waals surface area contributed by atoms with E-state index < -0.39 is 0 Å². The summed E-state index contributed by atoms with van der Waals surface area (Å²) in [4.78, 5) is 4.25. The summed E-state index contributed by atoms with van der Waals surface area (Å²) in [5, 5.41) is 6.74. The van der Waals surface area contributed by atoms with Crippen LogP contribution in [-0.2, 0) is 4.74 Å². The lowest BCUT2D eigenvalue weighted by Crippen LogP contribution is -2.44. The predicted molar refractivity (Wildman–Crippen MR) is 83.0 cm³/mol. The molecule has 0 aromatic rings. The molecule has 1 atom stereocenters. The summed E-state index contributed by atoms with van der Waals surface area (Å²) in [5.41, 5.74) is 0. The van der Waals surface area contributed by atoms with E-state index in [4.69, 9.17) is 4.74 Å². The lowest BCUT2D eigenvalue weighted by atomic mass is 10.1. The van der Waals surface area contributed by atoms with Crippen molar-refractivity contribution in [3.63, 3.8) is 0 Å². The lowest BCUT2D eigenvalue weighted by Gasteiger charge is -2.24. The number of thioether (sulfide) groups is 1. The quantitative estimate of drug-likeness (QED) is 0.426. The van der Waals surface area contributed by atoms with Crippen molar-refractivity contribution < 1.29 is 4.74 Å². The molecular weight excluding hydrogens is 258 g/mol. The van der Waals surface area contributed by atoms with E-state index in [0.717, 1.165) is 38.2 Å². The first-order valence-corrected chi connectivity index (χ1v) is 8.37. The highest BCUT2D eigenvalue weighted by molar-refractivity contribution is 8.00. The third kappa shape index (κ3) is 5.61. The van der Waals surface area contributed by atoms with Crippen molar-refractivity contribution in [1.29, 1.82) is 0 Å². The fourth-order valence-electron chi connectivity index (χ4n) is 2.24. The highest BCUT2D eigenvalue weighted by Gasteiger charge is 2.29. The Morgan fingerprint density at radius 1 is 1.42 bits per heavy atom. The molecule has 1 unspecified atom stereocenters. The molecule has 2 fully saturated rings. The molecule has 1 aliphatic heterocycles. The van der Waals surface area contributed by atoms with Crippen LogP contribution >= 0.6 is 11.8 Å². The SMILES string of the molecule is CN=C(NCCOCC1CC1)NCC1(C)CCCS1. The molecule has 1 heterocycles. The largest absolute Gasteiger partial charge is 0.379 e. The number of nitrogens with one attached hydrogen (secondary N) is 2. The summed E-state index contributed by atoms with van der Waals surface area (Å²) < 4.78 is 5.98. The molecule has 19 heavy (non-hydrogen) atoms. The van der Waals surface area contributed by atoms with Gasteiger partial charge in [0.05, 0.1) is 6.61 Å². The molecule has 2 N–H and O–H groups in total. The Kier molecular flexibility index (Phi) is 5.82. The van der Waals surface area contributed by atoms with Crippen molar-refractivity contribution in [3.05, 3.63) is 0 Å². The molecule has 110 valence electrons. The molecule has 2 rings (SSSR count). The number of ether oxygens (including phenoxy) is 1. The first-order valence-electron chi connectivity index (χ1n) is 7.38. The van der Waals surface area contributed by atoms with Gasteiger partial charge in [-0.15, -0.1) is 0 Å². The fraction of sp³-hybridized carbons (Fsp3) is 0.929. The molecule has 0 spiro atoms. The summed E-state index contributed by atoms with van der Waals surface area (Å²) in [5.74, 6) is 3.03. The van der Waals surface area contributed by atoms with Gasteiger partial charge in [0.15, 0.2) is 5.96 Å². The second-order valence-corrected chi connectivity index (χ2v) is 7.46. The third-order valence-corrected chi connectivity index (χ3v) is 5.28. The van der Waals surface area contributed by atoms with Crippen LogP contribution < -0.4 is 10.6 Å². The van der Waals surface area contributed by atoms with E-state index in [1.165, 1.54) is 31.4 Å². The minimum atomic E-state index is 0.375. The van der Waals surface area contributed by atoms with Crippen LogP contribution in [0.25, 0.3) is 0 Å². The van der Waals surface area contributed by atoms with Crippen LogP contribution in [0.2, 0.25) is 0 Å². The van der Waals surface area contributed by atoms with Crippen LogP contribution in [0.5, 0.6) is 0 Å². The maximum absolute atomic E-state index is 5.60. The number of hydrogen-bond donors (Lipinski definition) is 2. The molecule has 1 aliphatic carbocycles. The molecular formula is C14H27N3OS. The van der Waals surface area contributed by atoms with Crippen LogP contribution in [0.1, 0.15) is 32.6 Å². The maximum Gasteiger partial charge on any atom is 0.191 e. The second-order valence-electron chi connectivity index (χ2n) is 5.77. The Morgan fingerprint density at radius 3 is 2.89 bits per heavy atom. The molecule has 4 nitrogen and oxygen atoms in total. The highest BCUT2D eigenvalue weighted by atomic mass is 32.2. The van der Waals surface area contributed by atoms with E-state index in [1.54, 1.807) is 0 Å². The molecule has 0 radical (unpaired) electrons. The first kappa shape index (κ1) is 15.0. The van der Waals surface area contributed by atoms with Crippen molar-refractivity contribution >= 4 is 17.7 Å². The van der Waals surface area contributed by atoms with Crippen LogP contribution in [0.15, 0.2) is 4.99 Å². The van der Waals surface area contributed by atoms with E-state index in [0.29, 0.717) is 4.75 Å². The topological polar surface area (TPSA) is 45.7 Å². The minimum Gasteiger partial charge on any atom is -0.379 e. The van der Waals surface area contributed by atoms with Gasteiger partial charge in [-0.05, 0) is 44.3 Å². The smallest absolute Gasteiger partial charge is 0.191 e. The number of nitrogens with zero attached hydrogens (tertiary/aromatic N) is 1. The highest BCUT2D eigenvalue weighted by Crippen LogP contribution is 2.36. The second kappa shape index (κ2) is 7.39. The van der Waals surface area contributed by atoms with Crippen LogP contribution in [-0.4, -0.2) is 49.8 Å². The molecule has 1 saturated heterocycles. The Labute approximate surface area is 121 Å². The number of guanidine groups is 1. The Hall–Kier alpha value is -0.420. The van der Waals surface area contributed by atoms with Gasteiger partial charge in [0.2, 0.25) is 0 Å². The van der Waals surface area contributed by atoms with Gasteiger partial charge in [0.25, 0.3) is 0 Å². The van der Waals surface area contributed by atoms with Crippen molar-refractivity contribution in [3.8, 4) is 0 Å². The normalized spacial score (nSPS) is 27.6. The van der Waals surface area contributed by atoms with Crippen molar-refractivity contribution in [2.75, 3.05) is 39.1 Å². The average molecular weight is 285 g/mol. The van der Waals surface area contributed by atoms with Crippen molar-refractivity contribution in [2.45, 2.75) is 37.4 Å². The zero-order chi connectivity index (χ0) is 13.6. The molecule has 5 heteroatoms. The van der Waals surface area contributed by atoms with E-state index >= 15 is 0 Å². The summed E-state index contributed by atoms with van der Waals surface area (Å²) in [6, 6.07) is 0. The molecule has 2 aliphatic rings. The summed E-state index contributed by atoms with van der Waals surface area (Å²) in [6.07, 6.45) is 5.34. The van der Waals surface area contributed by atoms with Gasteiger partial charge in [0, 0.05) is 31.5 Å². The van der Waals surface area contributed by atoms with Gasteiger partial charge >= 0.3 is 0 Å². The predicted octanol–water partition coefficient (Wildman–Crippen LogP) is 1.86. The van der Waals surface area contributed by atoms with E-state index in [2.05, 4.69) is 34.3 Å². The zero-order valence-corrected chi connectivity index (χ0v) is 13.0. The maximum atomic E-state index is 5.60. The number of hydrogen-bond acceptors (Lipinski definition) is 3. The fourth-order valence-corrected chi connectivity index (χ4v) is 3.49. The minimum absolute atomic E-state index is 0.375. The van der Waals surface area contributed by atoms with Crippen LogP contribution in [0, 0.1) is 5.92 Å².